The first-order valence-electron chi connectivity index (χ1n) is 5.32. The second kappa shape index (κ2) is 4.34. The summed E-state index contributed by atoms with van der Waals surface area (Å²) in [7, 11) is 1.92. The van der Waals surface area contributed by atoms with Crippen LogP contribution in [0.5, 0.6) is 0 Å². The summed E-state index contributed by atoms with van der Waals surface area (Å²) >= 11 is 5.80. The summed E-state index contributed by atoms with van der Waals surface area (Å²) in [4.78, 5) is 13.1. The molecule has 16 heavy (non-hydrogen) atoms. The molecule has 0 atom stereocenters. The van der Waals surface area contributed by atoms with E-state index < -0.39 is 5.97 Å². The zero-order valence-electron chi connectivity index (χ0n) is 9.11. The van der Waals surface area contributed by atoms with Gasteiger partial charge in [-0.15, -0.1) is 0 Å². The third-order valence-corrected chi connectivity index (χ3v) is 3.06. The van der Waals surface area contributed by atoms with Gasteiger partial charge in [0.15, 0.2) is 0 Å². The molecule has 0 unspecified atom stereocenters. The highest BCUT2D eigenvalue weighted by molar-refractivity contribution is 6.31. The molecule has 1 fully saturated rings. The topological polar surface area (TPSA) is 40.5 Å². The fraction of sp³-hybridized carbons (Fsp3) is 0.417. The van der Waals surface area contributed by atoms with E-state index in [1.807, 2.05) is 11.9 Å². The maximum atomic E-state index is 11.1. The van der Waals surface area contributed by atoms with Gasteiger partial charge < -0.3 is 10.0 Å². The number of halogens is 1. The number of nitrogens with zero attached hydrogens (tertiary/aromatic N) is 1. The number of hydrogen-bond acceptors (Lipinski definition) is 2. The van der Waals surface area contributed by atoms with Crippen molar-refractivity contribution in [3.8, 4) is 0 Å². The molecule has 1 aliphatic rings. The fourth-order valence-electron chi connectivity index (χ4n) is 1.80. The highest BCUT2D eigenvalue weighted by Gasteiger charge is 2.24. The Morgan fingerprint density at radius 2 is 2.25 bits per heavy atom. The zero-order valence-corrected chi connectivity index (χ0v) is 9.87. The number of carbonyl (C=O) groups is 1. The van der Waals surface area contributed by atoms with Crippen LogP contribution in [0, 0.1) is 5.92 Å². The Hall–Kier alpha value is -1.22. The summed E-state index contributed by atoms with van der Waals surface area (Å²) < 4.78 is 0. The number of benzene rings is 1. The quantitative estimate of drug-likeness (QED) is 0.878. The minimum Gasteiger partial charge on any atom is -0.478 e. The van der Waals surface area contributed by atoms with Crippen LogP contribution in [0.25, 0.3) is 0 Å². The molecule has 1 aliphatic carbocycles. The van der Waals surface area contributed by atoms with Gasteiger partial charge in [0.25, 0.3) is 0 Å². The predicted octanol–water partition coefficient (Wildman–Crippen LogP) is 2.88. The van der Waals surface area contributed by atoms with Crippen molar-refractivity contribution in [1.29, 1.82) is 0 Å². The van der Waals surface area contributed by atoms with Crippen LogP contribution in [-0.4, -0.2) is 24.7 Å². The summed E-state index contributed by atoms with van der Waals surface area (Å²) in [6, 6.07) is 5.00. The molecular weight excluding hydrogens is 226 g/mol. The van der Waals surface area contributed by atoms with Gasteiger partial charge in [-0.25, -0.2) is 4.79 Å². The number of rotatable bonds is 4. The van der Waals surface area contributed by atoms with E-state index in [4.69, 9.17) is 16.7 Å². The number of carboxylic acid groups (broad SMARTS) is 1. The van der Waals surface area contributed by atoms with Gasteiger partial charge >= 0.3 is 5.97 Å². The molecule has 0 heterocycles. The molecule has 0 saturated heterocycles. The highest BCUT2D eigenvalue weighted by Crippen LogP contribution is 2.32. The molecule has 86 valence electrons. The van der Waals surface area contributed by atoms with E-state index in [1.54, 1.807) is 12.1 Å². The van der Waals surface area contributed by atoms with E-state index in [0.29, 0.717) is 5.02 Å². The Labute approximate surface area is 99.6 Å². The molecule has 0 bridgehead atoms. The van der Waals surface area contributed by atoms with Gasteiger partial charge in [-0.3, -0.25) is 0 Å². The number of hydrogen-bond donors (Lipinski definition) is 1. The molecule has 1 aromatic carbocycles. The van der Waals surface area contributed by atoms with Crippen molar-refractivity contribution in [3.05, 3.63) is 28.8 Å². The van der Waals surface area contributed by atoms with Gasteiger partial charge in [0.1, 0.15) is 0 Å². The van der Waals surface area contributed by atoms with Gasteiger partial charge in [-0.1, -0.05) is 11.6 Å². The van der Waals surface area contributed by atoms with Gasteiger partial charge in [-0.05, 0) is 37.0 Å². The van der Waals surface area contributed by atoms with Crippen LogP contribution in [0.3, 0.4) is 0 Å². The zero-order chi connectivity index (χ0) is 11.7. The Morgan fingerprint density at radius 1 is 1.56 bits per heavy atom. The van der Waals surface area contributed by atoms with Gasteiger partial charge in [0.2, 0.25) is 0 Å². The molecule has 1 N–H and O–H groups in total. The van der Waals surface area contributed by atoms with E-state index in [2.05, 4.69) is 0 Å². The minimum atomic E-state index is -0.930. The SMILES string of the molecule is CN(CC1CC1)c1ccc(Cl)cc1C(=O)O. The second-order valence-electron chi connectivity index (χ2n) is 4.29. The lowest BCUT2D eigenvalue weighted by molar-refractivity contribution is 0.0697. The van der Waals surface area contributed by atoms with Crippen molar-refractivity contribution in [1.82, 2.24) is 0 Å². The normalized spacial score (nSPS) is 14.9. The summed E-state index contributed by atoms with van der Waals surface area (Å²) in [5.41, 5.74) is 1.01. The van der Waals surface area contributed by atoms with Gasteiger partial charge in [0.05, 0.1) is 11.3 Å². The van der Waals surface area contributed by atoms with Crippen LogP contribution in [0.4, 0.5) is 5.69 Å². The van der Waals surface area contributed by atoms with Crippen molar-refractivity contribution in [2.75, 3.05) is 18.5 Å². The summed E-state index contributed by atoms with van der Waals surface area (Å²) in [5, 5.41) is 9.56. The van der Waals surface area contributed by atoms with Gasteiger partial charge in [0, 0.05) is 18.6 Å². The lowest BCUT2D eigenvalue weighted by Gasteiger charge is -2.21. The fourth-order valence-corrected chi connectivity index (χ4v) is 1.97. The lowest BCUT2D eigenvalue weighted by atomic mass is 10.1. The monoisotopic (exact) mass is 239 g/mol. The van der Waals surface area contributed by atoms with Crippen LogP contribution >= 0.6 is 11.6 Å². The number of anilines is 1. The minimum absolute atomic E-state index is 0.274. The Kier molecular flexibility index (Phi) is 3.06. The largest absolute Gasteiger partial charge is 0.478 e. The van der Waals surface area contributed by atoms with Crippen LogP contribution in [0.1, 0.15) is 23.2 Å². The van der Waals surface area contributed by atoms with Crippen molar-refractivity contribution in [2.45, 2.75) is 12.8 Å². The third-order valence-electron chi connectivity index (χ3n) is 2.83. The molecule has 0 aromatic heterocycles. The van der Waals surface area contributed by atoms with Crippen LogP contribution < -0.4 is 4.90 Å². The van der Waals surface area contributed by atoms with E-state index >= 15 is 0 Å². The van der Waals surface area contributed by atoms with Crippen LogP contribution in [0.15, 0.2) is 18.2 Å². The van der Waals surface area contributed by atoms with Gasteiger partial charge in [-0.2, -0.15) is 0 Å². The maximum Gasteiger partial charge on any atom is 0.337 e. The number of carboxylic acids is 1. The molecule has 0 radical (unpaired) electrons. The average molecular weight is 240 g/mol. The average Bonchev–Trinajstić information content (AvgIpc) is 3.01. The Bertz CT molecular complexity index is 415. The first-order valence-corrected chi connectivity index (χ1v) is 5.69. The van der Waals surface area contributed by atoms with Crippen molar-refractivity contribution < 1.29 is 9.90 Å². The lowest BCUT2D eigenvalue weighted by Crippen LogP contribution is -2.22. The highest BCUT2D eigenvalue weighted by atomic mass is 35.5. The van der Waals surface area contributed by atoms with E-state index in [1.165, 1.54) is 18.9 Å². The summed E-state index contributed by atoms with van der Waals surface area (Å²) in [6.07, 6.45) is 2.50. The molecule has 0 spiro atoms. The van der Waals surface area contributed by atoms with Crippen LogP contribution in [-0.2, 0) is 0 Å². The smallest absolute Gasteiger partial charge is 0.337 e. The van der Waals surface area contributed by atoms with Crippen molar-refractivity contribution in [2.24, 2.45) is 5.92 Å². The Balaban J connectivity index is 2.26. The third kappa shape index (κ3) is 2.47. The van der Waals surface area contributed by atoms with E-state index in [0.717, 1.165) is 18.2 Å². The maximum absolute atomic E-state index is 11.1. The number of aromatic carboxylic acids is 1. The van der Waals surface area contributed by atoms with E-state index in [-0.39, 0.29) is 5.56 Å². The second-order valence-corrected chi connectivity index (χ2v) is 4.73. The first-order chi connectivity index (χ1) is 7.58. The molecular formula is C12H14ClNO2. The van der Waals surface area contributed by atoms with E-state index in [9.17, 15) is 4.79 Å². The summed E-state index contributed by atoms with van der Waals surface area (Å²) in [6.45, 7) is 0.919. The first kappa shape index (κ1) is 11.3. The molecule has 2 rings (SSSR count). The van der Waals surface area contributed by atoms with Crippen molar-refractivity contribution >= 4 is 23.3 Å². The molecule has 1 saturated carbocycles. The molecule has 1 aromatic rings. The Morgan fingerprint density at radius 3 is 2.81 bits per heavy atom. The molecule has 3 nitrogen and oxygen atoms in total. The van der Waals surface area contributed by atoms with Crippen molar-refractivity contribution in [3.63, 3.8) is 0 Å². The molecule has 4 heteroatoms. The molecule has 0 aliphatic heterocycles. The van der Waals surface area contributed by atoms with Crippen LogP contribution in [0.2, 0.25) is 5.02 Å². The standard InChI is InChI=1S/C12H14ClNO2/c1-14(7-8-2-3-8)11-5-4-9(13)6-10(11)12(15)16/h4-6,8H,2-3,7H2,1H3,(H,15,16). The molecule has 0 amide bonds. The summed E-state index contributed by atoms with van der Waals surface area (Å²) in [5.74, 6) is -0.206. The predicted molar refractivity (Wildman–Crippen MR) is 64.4 cm³/mol.